The molecule has 0 saturated carbocycles. The third-order valence-electron chi connectivity index (χ3n) is 12.5. The highest BCUT2D eigenvalue weighted by Crippen LogP contribution is 2.42. The molecule has 4 aliphatic heterocycles. The van der Waals surface area contributed by atoms with Crippen LogP contribution in [0.25, 0.3) is 0 Å². The Morgan fingerprint density at radius 3 is 2.31 bits per heavy atom. The lowest BCUT2D eigenvalue weighted by Gasteiger charge is -2.48. The van der Waals surface area contributed by atoms with Crippen LogP contribution in [0.15, 0.2) is 30.3 Å². The quantitative estimate of drug-likeness (QED) is 0.219. The highest BCUT2D eigenvalue weighted by atomic mass is 32.2. The van der Waals surface area contributed by atoms with Crippen molar-refractivity contribution in [1.29, 1.82) is 0 Å². The van der Waals surface area contributed by atoms with Crippen LogP contribution in [0.2, 0.25) is 0 Å². The second-order valence-corrected chi connectivity index (χ2v) is 19.3. The first-order chi connectivity index (χ1) is 27.6. The van der Waals surface area contributed by atoms with E-state index in [-0.39, 0.29) is 49.7 Å². The molecule has 2 bridgehead atoms. The summed E-state index contributed by atoms with van der Waals surface area (Å²) >= 11 is 0. The van der Waals surface area contributed by atoms with Gasteiger partial charge in [-0.3, -0.25) is 9.59 Å². The maximum atomic E-state index is 14.5. The average Bonchev–Trinajstić information content (AvgIpc) is 3.47. The van der Waals surface area contributed by atoms with E-state index in [0.29, 0.717) is 12.0 Å². The summed E-state index contributed by atoms with van der Waals surface area (Å²) in [5.41, 5.74) is -2.57. The minimum absolute atomic E-state index is 0.109. The highest BCUT2D eigenvalue weighted by Gasteiger charge is 2.58. The molecule has 4 aliphatic rings. The van der Waals surface area contributed by atoms with E-state index < -0.39 is 106 Å². The molecule has 1 unspecified atom stereocenters. The molecule has 4 fully saturated rings. The molecule has 0 radical (unpaired) electrons. The van der Waals surface area contributed by atoms with Gasteiger partial charge in [0.25, 0.3) is 0 Å². The molecule has 1 aromatic rings. The van der Waals surface area contributed by atoms with Gasteiger partial charge in [0.1, 0.15) is 29.7 Å². The lowest BCUT2D eigenvalue weighted by atomic mass is 9.73. The van der Waals surface area contributed by atoms with Crippen LogP contribution in [0, 0.1) is 23.7 Å². The number of fused-ring (bicyclic) bond motifs is 4. The molecule has 5 rings (SSSR count). The van der Waals surface area contributed by atoms with Crippen molar-refractivity contribution < 1.29 is 61.1 Å². The maximum absolute atomic E-state index is 14.5. The van der Waals surface area contributed by atoms with Gasteiger partial charge in [-0.2, -0.15) is 0 Å². The third-order valence-corrected chi connectivity index (χ3v) is 13.9. The predicted molar refractivity (Wildman–Crippen MR) is 214 cm³/mol. The molecule has 332 valence electrons. The van der Waals surface area contributed by atoms with Crippen LogP contribution in [0.1, 0.15) is 80.2 Å². The zero-order valence-corrected chi connectivity index (χ0v) is 36.7. The molecule has 0 aliphatic carbocycles. The number of benzene rings is 1. The van der Waals surface area contributed by atoms with Crippen LogP contribution < -0.4 is 15.4 Å². The van der Waals surface area contributed by atoms with E-state index in [1.165, 1.54) is 0 Å². The van der Waals surface area contributed by atoms with Crippen LogP contribution in [0.3, 0.4) is 0 Å². The van der Waals surface area contributed by atoms with Crippen molar-refractivity contribution in [2.75, 3.05) is 27.2 Å². The number of ether oxygens (including phenoxy) is 6. The molecule has 1 aromatic carbocycles. The van der Waals surface area contributed by atoms with Gasteiger partial charge in [-0.1, -0.05) is 58.0 Å². The summed E-state index contributed by atoms with van der Waals surface area (Å²) in [4.78, 5) is 57.6. The molecular weight excluding hydrogens is 789 g/mol. The van der Waals surface area contributed by atoms with Gasteiger partial charge in [-0.05, 0) is 66.6 Å². The topological polar surface area (TPSA) is 217 Å². The van der Waals surface area contributed by atoms with Crippen molar-refractivity contribution in [2.45, 2.75) is 147 Å². The van der Waals surface area contributed by atoms with E-state index in [9.17, 15) is 32.7 Å². The molecule has 59 heavy (non-hydrogen) atoms. The number of nitrogens with zero attached hydrogens (tertiary/aromatic N) is 1. The molecule has 4 saturated heterocycles. The Bertz CT molecular complexity index is 1770. The maximum Gasteiger partial charge on any atom is 0.408 e. The van der Waals surface area contributed by atoms with E-state index >= 15 is 0 Å². The zero-order chi connectivity index (χ0) is 43.6. The van der Waals surface area contributed by atoms with Gasteiger partial charge in [0.2, 0.25) is 10.0 Å². The number of likely N-dealkylation sites (N-methyl/N-ethyl adjacent to an activating group) is 1. The summed E-state index contributed by atoms with van der Waals surface area (Å²) < 4.78 is 67.6. The SMILES string of the molecule is CC[C@H]1OC(=O)[C@H](C)[C@H]2OCC(NS(=O)(=O)Cc3ccccc3)CNC(=O)O[C@](C)(C[C@@H](C)C(=O)[C@H](C)[C@@H]3NC(=O)O[C@]13C)[C@H](O[C@@H]1O[C@H](C)C[C@H](N(C)C)[C@H]1O)[C@H]2C. The second kappa shape index (κ2) is 18.7. The number of carbonyl (C=O) groups is 4. The zero-order valence-electron chi connectivity index (χ0n) is 35.8. The third kappa shape index (κ3) is 10.6. The van der Waals surface area contributed by atoms with Gasteiger partial charge in [0.05, 0.1) is 42.6 Å². The van der Waals surface area contributed by atoms with Crippen molar-refractivity contribution in [1.82, 2.24) is 20.3 Å². The van der Waals surface area contributed by atoms with E-state index in [1.807, 2.05) is 25.9 Å². The van der Waals surface area contributed by atoms with Crippen LogP contribution >= 0.6 is 0 Å². The minimum atomic E-state index is -3.99. The van der Waals surface area contributed by atoms with Gasteiger partial charge < -0.3 is 49.1 Å². The fourth-order valence-electron chi connectivity index (χ4n) is 9.43. The monoisotopic (exact) mass is 852 g/mol. The first-order valence-electron chi connectivity index (χ1n) is 20.6. The Labute approximate surface area is 347 Å². The Morgan fingerprint density at radius 1 is 0.983 bits per heavy atom. The fraction of sp³-hybridized carbons (Fsp3) is 0.756. The lowest BCUT2D eigenvalue weighted by molar-refractivity contribution is -0.299. The van der Waals surface area contributed by atoms with Crippen LogP contribution in [0.5, 0.6) is 0 Å². The van der Waals surface area contributed by atoms with Gasteiger partial charge in [-0.15, -0.1) is 0 Å². The Hall–Kier alpha value is -3.39. The average molecular weight is 853 g/mol. The molecule has 17 nitrogen and oxygen atoms in total. The molecule has 4 N–H and O–H groups in total. The predicted octanol–water partition coefficient (Wildman–Crippen LogP) is 2.88. The van der Waals surface area contributed by atoms with Gasteiger partial charge in [-0.25, -0.2) is 22.7 Å². The number of esters is 1. The van der Waals surface area contributed by atoms with Crippen molar-refractivity contribution in [3.8, 4) is 0 Å². The second-order valence-electron chi connectivity index (χ2n) is 17.5. The number of ketones is 1. The van der Waals surface area contributed by atoms with Crippen LogP contribution in [-0.4, -0.2) is 136 Å². The normalized spacial score (nSPS) is 40.4. The molecular formula is C41H64N4O13S. The van der Waals surface area contributed by atoms with Crippen molar-refractivity contribution >= 4 is 34.0 Å². The van der Waals surface area contributed by atoms with Crippen molar-refractivity contribution in [3.63, 3.8) is 0 Å². The van der Waals surface area contributed by atoms with Crippen LogP contribution in [-0.2, 0) is 53.8 Å². The van der Waals surface area contributed by atoms with E-state index in [2.05, 4.69) is 15.4 Å². The summed E-state index contributed by atoms with van der Waals surface area (Å²) in [5.74, 6) is -4.97. The molecule has 0 aromatic heterocycles. The smallest absolute Gasteiger partial charge is 0.408 e. The molecule has 2 amide bonds. The van der Waals surface area contributed by atoms with E-state index in [1.54, 1.807) is 78.8 Å². The fourth-order valence-corrected chi connectivity index (χ4v) is 10.8. The number of aliphatic hydroxyl groups excluding tert-OH is 1. The number of alkyl carbamates (subject to hydrolysis) is 2. The number of aliphatic hydroxyl groups is 1. The van der Waals surface area contributed by atoms with E-state index in [0.717, 1.165) is 0 Å². The summed E-state index contributed by atoms with van der Waals surface area (Å²) in [7, 11) is -0.320. The molecule has 18 heteroatoms. The van der Waals surface area contributed by atoms with E-state index in [4.69, 9.17) is 28.4 Å². The summed E-state index contributed by atoms with van der Waals surface area (Å²) in [6, 6.07) is 6.31. The molecule has 4 heterocycles. The number of amides is 2. The Morgan fingerprint density at radius 2 is 1.66 bits per heavy atom. The van der Waals surface area contributed by atoms with Gasteiger partial charge >= 0.3 is 18.2 Å². The van der Waals surface area contributed by atoms with Crippen molar-refractivity contribution in [2.24, 2.45) is 23.7 Å². The number of hydrogen-bond donors (Lipinski definition) is 4. The number of sulfonamides is 1. The van der Waals surface area contributed by atoms with Gasteiger partial charge in [0.15, 0.2) is 11.9 Å². The standard InChI is InChI=1S/C41H64N4O13S/c1-11-30-41(8)34(43-39(50)58-41)24(4)31(46)22(2)18-40(7)35(56-37-32(47)29(45(9)10)17-23(3)54-37)25(5)33(26(6)36(48)55-30)53-20-28(19-42-38(49)57-40)44-59(51,52)21-27-15-13-12-14-16-27/h12-16,22-26,28-30,32-35,37,44,47H,11,17-21H2,1-10H3,(H,42,49)(H,43,50)/t22-,23-,24+,25+,26-,28?,29+,30-,32-,33+,34+,35-,37+,40-,41-/m1/s1. The first-order valence-corrected chi connectivity index (χ1v) is 22.3. The lowest BCUT2D eigenvalue weighted by Crippen LogP contribution is -2.61. The number of Topliss-reactive ketones (excluding diaryl/α,β-unsaturated/α-hetero) is 1. The Balaban J connectivity index is 1.63. The number of carbonyl (C=O) groups excluding carboxylic acids is 4. The molecule has 0 spiro atoms. The Kier molecular flexibility index (Phi) is 14.8. The number of hydrogen-bond acceptors (Lipinski definition) is 14. The van der Waals surface area contributed by atoms with Crippen molar-refractivity contribution in [3.05, 3.63) is 35.9 Å². The summed E-state index contributed by atoms with van der Waals surface area (Å²) in [5, 5.41) is 17.1. The highest BCUT2D eigenvalue weighted by molar-refractivity contribution is 7.88. The summed E-state index contributed by atoms with van der Waals surface area (Å²) in [6.07, 6.45) is -7.11. The van der Waals surface area contributed by atoms with Gasteiger partial charge in [0, 0.05) is 30.3 Å². The minimum Gasteiger partial charge on any atom is -0.458 e. The largest absolute Gasteiger partial charge is 0.458 e. The first kappa shape index (κ1) is 46.7. The number of rotatable bonds is 8. The van der Waals surface area contributed by atoms with Crippen LogP contribution in [0.4, 0.5) is 9.59 Å². The summed E-state index contributed by atoms with van der Waals surface area (Å²) in [6.45, 7) is 13.0. The number of cyclic esters (lactones) is 1. The number of nitrogens with one attached hydrogen (secondary N) is 3. The molecule has 15 atom stereocenters.